The Bertz CT molecular complexity index is 854. The molecule has 2 aromatic rings. The maximum atomic E-state index is 12.9. The van der Waals surface area contributed by atoms with Crippen LogP contribution in [0.15, 0.2) is 60.1 Å². The number of sulfonamides is 1. The second kappa shape index (κ2) is 7.21. The third-order valence-electron chi connectivity index (χ3n) is 5.07. The van der Waals surface area contributed by atoms with Gasteiger partial charge in [-0.1, -0.05) is 36.4 Å². The molecule has 0 amide bonds. The average Bonchev–Trinajstić information content (AvgIpc) is 2.94. The number of piperidine rings is 1. The highest BCUT2D eigenvalue weighted by atomic mass is 32.2. The van der Waals surface area contributed by atoms with Gasteiger partial charge in [0, 0.05) is 42.6 Å². The van der Waals surface area contributed by atoms with Crippen LogP contribution in [0, 0.1) is 0 Å². The van der Waals surface area contributed by atoms with E-state index >= 15 is 0 Å². The summed E-state index contributed by atoms with van der Waals surface area (Å²) in [5.41, 5.74) is 0.886. The van der Waals surface area contributed by atoms with Crippen LogP contribution in [-0.2, 0) is 10.0 Å². The van der Waals surface area contributed by atoms with Crippen molar-refractivity contribution in [3.8, 4) is 5.88 Å². The van der Waals surface area contributed by atoms with Crippen LogP contribution in [0.1, 0.15) is 31.2 Å². The van der Waals surface area contributed by atoms with Gasteiger partial charge in [0.1, 0.15) is 6.10 Å². The Hall–Kier alpha value is -2.18. The van der Waals surface area contributed by atoms with Gasteiger partial charge in [-0.3, -0.25) is 0 Å². The molecule has 2 atom stereocenters. The number of pyridine rings is 1. The van der Waals surface area contributed by atoms with Crippen molar-refractivity contribution in [2.24, 2.45) is 0 Å². The van der Waals surface area contributed by atoms with Gasteiger partial charge >= 0.3 is 0 Å². The van der Waals surface area contributed by atoms with Gasteiger partial charge in [-0.15, -0.1) is 0 Å². The van der Waals surface area contributed by atoms with Crippen molar-refractivity contribution in [2.75, 3.05) is 0 Å². The number of aromatic nitrogens is 1. The molecule has 1 aromatic heterocycles. The maximum Gasteiger partial charge on any atom is 0.236 e. The second-order valence-corrected chi connectivity index (χ2v) is 8.58. The Kier molecular flexibility index (Phi) is 4.78. The minimum Gasteiger partial charge on any atom is -0.474 e. The first-order valence-corrected chi connectivity index (χ1v) is 10.5. The van der Waals surface area contributed by atoms with Gasteiger partial charge in [0.15, 0.2) is 0 Å². The van der Waals surface area contributed by atoms with Crippen LogP contribution in [0.25, 0.3) is 6.08 Å². The Balaban J connectivity index is 1.46. The van der Waals surface area contributed by atoms with Gasteiger partial charge in [0.25, 0.3) is 0 Å². The largest absolute Gasteiger partial charge is 0.474 e. The number of ether oxygens (including phenoxy) is 1. The Labute approximate surface area is 154 Å². The molecule has 0 aliphatic carbocycles. The molecule has 26 heavy (non-hydrogen) atoms. The molecule has 0 radical (unpaired) electrons. The summed E-state index contributed by atoms with van der Waals surface area (Å²) in [5, 5.41) is 1.34. The lowest BCUT2D eigenvalue weighted by atomic mass is 10.0. The smallest absolute Gasteiger partial charge is 0.236 e. The average molecular weight is 370 g/mol. The fourth-order valence-electron chi connectivity index (χ4n) is 3.98. The van der Waals surface area contributed by atoms with Gasteiger partial charge in [-0.25, -0.2) is 13.4 Å². The molecule has 2 aliphatic rings. The highest BCUT2D eigenvalue weighted by Gasteiger charge is 2.46. The molecule has 4 rings (SSSR count). The van der Waals surface area contributed by atoms with Crippen molar-refractivity contribution >= 4 is 16.1 Å². The van der Waals surface area contributed by atoms with E-state index in [2.05, 4.69) is 4.98 Å². The predicted molar refractivity (Wildman–Crippen MR) is 101 cm³/mol. The molecule has 3 heterocycles. The van der Waals surface area contributed by atoms with Crippen LogP contribution < -0.4 is 4.74 Å². The fourth-order valence-corrected chi connectivity index (χ4v) is 5.67. The molecule has 2 unspecified atom stereocenters. The zero-order valence-corrected chi connectivity index (χ0v) is 15.3. The maximum absolute atomic E-state index is 12.9. The van der Waals surface area contributed by atoms with Gasteiger partial charge in [-0.2, -0.15) is 4.31 Å². The summed E-state index contributed by atoms with van der Waals surface area (Å²) in [6.45, 7) is 0. The molecule has 2 fully saturated rings. The van der Waals surface area contributed by atoms with Crippen LogP contribution in [0.4, 0.5) is 0 Å². The first kappa shape index (κ1) is 17.2. The Morgan fingerprint density at radius 3 is 2.35 bits per heavy atom. The molecule has 6 heteroatoms. The summed E-state index contributed by atoms with van der Waals surface area (Å²) in [7, 11) is -3.43. The third kappa shape index (κ3) is 3.66. The van der Waals surface area contributed by atoms with Crippen LogP contribution in [0.5, 0.6) is 5.88 Å². The Morgan fingerprint density at radius 1 is 1.00 bits per heavy atom. The molecule has 5 nitrogen and oxygen atoms in total. The molecule has 0 N–H and O–H groups in total. The highest BCUT2D eigenvalue weighted by molar-refractivity contribution is 7.92. The van der Waals surface area contributed by atoms with Gasteiger partial charge in [0.2, 0.25) is 15.9 Å². The SMILES string of the molecule is O=S(=O)(/C=C/c1ccccc1)N1C2CCC1CC(Oc1ccccn1)C2. The van der Waals surface area contributed by atoms with E-state index in [1.54, 1.807) is 16.6 Å². The molecular weight excluding hydrogens is 348 g/mol. The zero-order valence-electron chi connectivity index (χ0n) is 14.4. The van der Waals surface area contributed by atoms with Crippen molar-refractivity contribution < 1.29 is 13.2 Å². The molecule has 2 bridgehead atoms. The zero-order chi connectivity index (χ0) is 18.0. The first-order chi connectivity index (χ1) is 12.6. The van der Waals surface area contributed by atoms with Crippen LogP contribution in [-0.4, -0.2) is 35.9 Å². The topological polar surface area (TPSA) is 59.5 Å². The summed E-state index contributed by atoms with van der Waals surface area (Å²) in [5.74, 6) is 0.609. The van der Waals surface area contributed by atoms with Gasteiger partial charge in [-0.05, 0) is 30.5 Å². The van der Waals surface area contributed by atoms with Crippen LogP contribution in [0.3, 0.4) is 0 Å². The molecular formula is C20H22N2O3S. The minimum atomic E-state index is -3.43. The number of nitrogens with zero attached hydrogens (tertiary/aromatic N) is 2. The van der Waals surface area contributed by atoms with E-state index in [1.807, 2.05) is 48.5 Å². The van der Waals surface area contributed by atoms with E-state index in [0.29, 0.717) is 18.7 Å². The fraction of sp³-hybridized carbons (Fsp3) is 0.350. The van der Waals surface area contributed by atoms with Crippen molar-refractivity contribution in [2.45, 2.75) is 43.9 Å². The highest BCUT2D eigenvalue weighted by Crippen LogP contribution is 2.39. The molecule has 136 valence electrons. The standard InChI is InChI=1S/C20H22N2O3S/c23-26(24,13-11-16-6-2-1-3-7-16)22-17-9-10-18(22)15-19(14-17)25-20-8-4-5-12-21-20/h1-8,11-13,17-19H,9-10,14-15H2/b13-11+. The molecule has 2 saturated heterocycles. The van der Waals surface area contributed by atoms with E-state index in [-0.39, 0.29) is 18.2 Å². The second-order valence-electron chi connectivity index (χ2n) is 6.85. The Morgan fingerprint density at radius 2 is 1.69 bits per heavy atom. The lowest BCUT2D eigenvalue weighted by Gasteiger charge is -2.36. The summed E-state index contributed by atoms with van der Waals surface area (Å²) in [4.78, 5) is 4.21. The summed E-state index contributed by atoms with van der Waals surface area (Å²) in [6.07, 6.45) is 6.61. The summed E-state index contributed by atoms with van der Waals surface area (Å²) in [6, 6.07) is 15.1. The van der Waals surface area contributed by atoms with Gasteiger partial charge < -0.3 is 4.74 Å². The number of fused-ring (bicyclic) bond motifs is 2. The first-order valence-electron chi connectivity index (χ1n) is 8.96. The van der Waals surface area contributed by atoms with E-state index in [1.165, 1.54) is 5.41 Å². The molecule has 1 aromatic carbocycles. The van der Waals surface area contributed by atoms with Crippen molar-refractivity contribution in [3.63, 3.8) is 0 Å². The van der Waals surface area contributed by atoms with E-state index in [9.17, 15) is 8.42 Å². The van der Waals surface area contributed by atoms with E-state index < -0.39 is 10.0 Å². The lowest BCUT2D eigenvalue weighted by molar-refractivity contribution is 0.0925. The normalized spacial score (nSPS) is 26.2. The minimum absolute atomic E-state index is 0.00730. The quantitative estimate of drug-likeness (QED) is 0.809. The molecule has 0 spiro atoms. The number of hydrogen-bond acceptors (Lipinski definition) is 4. The predicted octanol–water partition coefficient (Wildman–Crippen LogP) is 3.46. The molecule has 0 saturated carbocycles. The number of hydrogen-bond donors (Lipinski definition) is 0. The van der Waals surface area contributed by atoms with Crippen LogP contribution >= 0.6 is 0 Å². The number of rotatable bonds is 5. The van der Waals surface area contributed by atoms with Crippen molar-refractivity contribution in [3.05, 3.63) is 65.7 Å². The van der Waals surface area contributed by atoms with E-state index in [0.717, 1.165) is 18.4 Å². The molecule has 2 aliphatic heterocycles. The van der Waals surface area contributed by atoms with Crippen molar-refractivity contribution in [1.82, 2.24) is 9.29 Å². The summed E-state index contributed by atoms with van der Waals surface area (Å²) >= 11 is 0. The third-order valence-corrected chi connectivity index (χ3v) is 6.74. The van der Waals surface area contributed by atoms with Gasteiger partial charge in [0.05, 0.1) is 0 Å². The van der Waals surface area contributed by atoms with E-state index in [4.69, 9.17) is 4.74 Å². The number of benzene rings is 1. The summed E-state index contributed by atoms with van der Waals surface area (Å²) < 4.78 is 33.4. The van der Waals surface area contributed by atoms with Crippen molar-refractivity contribution in [1.29, 1.82) is 0 Å². The monoisotopic (exact) mass is 370 g/mol. The van der Waals surface area contributed by atoms with Crippen LogP contribution in [0.2, 0.25) is 0 Å². The lowest BCUT2D eigenvalue weighted by Crippen LogP contribution is -2.48.